The van der Waals surface area contributed by atoms with Crippen LogP contribution in [0.5, 0.6) is 0 Å². The topological polar surface area (TPSA) is 37.8 Å². The van der Waals surface area contributed by atoms with E-state index in [1.165, 1.54) is 6.07 Å². The molecule has 0 saturated carbocycles. The van der Waals surface area contributed by atoms with Gasteiger partial charge in [0.15, 0.2) is 5.82 Å². The van der Waals surface area contributed by atoms with Gasteiger partial charge in [-0.15, -0.1) is 5.73 Å². The first-order chi connectivity index (χ1) is 15.4. The largest absolute Gasteiger partial charge is 0.333 e. The number of hydrogen-bond acceptors (Lipinski definition) is 3. The van der Waals surface area contributed by atoms with Crippen molar-refractivity contribution in [2.24, 2.45) is 0 Å². The molecule has 0 unspecified atom stereocenters. The van der Waals surface area contributed by atoms with Gasteiger partial charge in [0.25, 0.3) is 0 Å². The van der Waals surface area contributed by atoms with Gasteiger partial charge in [0.2, 0.25) is 0 Å². The number of fused-ring (bicyclic) bond motifs is 1. The molecule has 3 nitrogen and oxygen atoms in total. The van der Waals surface area contributed by atoms with Gasteiger partial charge in [0.1, 0.15) is 25.3 Å². The number of aromatic nitrogens is 2. The first-order valence-corrected chi connectivity index (χ1v) is 9.83. The van der Waals surface area contributed by atoms with Crippen LogP contribution in [0.15, 0.2) is 79.6 Å². The van der Waals surface area contributed by atoms with E-state index >= 15 is 0 Å². The summed E-state index contributed by atoms with van der Waals surface area (Å²) in [5.41, 5.74) is 5.75. The number of halogens is 2. The first-order valence-electron chi connectivity index (χ1n) is 9.83. The lowest BCUT2D eigenvalue weighted by molar-refractivity contribution is 0.580. The summed E-state index contributed by atoms with van der Waals surface area (Å²) in [6.07, 6.45) is 0. The molecule has 0 aliphatic carbocycles. The van der Waals surface area contributed by atoms with E-state index in [2.05, 4.69) is 34.2 Å². The molecule has 0 fully saturated rings. The van der Waals surface area contributed by atoms with E-state index in [-0.39, 0.29) is 16.8 Å². The fourth-order valence-electron chi connectivity index (χ4n) is 3.52. The molecule has 2 radical (unpaired) electrons. The van der Waals surface area contributed by atoms with Crippen molar-refractivity contribution in [3.8, 4) is 11.4 Å². The van der Waals surface area contributed by atoms with Gasteiger partial charge >= 0.3 is 0 Å². The van der Waals surface area contributed by atoms with Gasteiger partial charge in [-0.1, -0.05) is 55.0 Å². The maximum Gasteiger partial charge on any atom is 0.161 e. The summed E-state index contributed by atoms with van der Waals surface area (Å²) in [6.45, 7) is 9.18. The predicted octanol–water partition coefficient (Wildman–Crippen LogP) is 5.64. The number of hydrogen-bond donors (Lipinski definition) is 1. The highest BCUT2D eigenvalue weighted by molar-refractivity contribution is 6.35. The highest BCUT2D eigenvalue weighted by atomic mass is 19.1. The number of rotatable bonds is 5. The van der Waals surface area contributed by atoms with Gasteiger partial charge in [-0.05, 0) is 30.7 Å². The molecule has 32 heavy (non-hydrogen) atoms. The zero-order valence-electron chi connectivity index (χ0n) is 17.4. The summed E-state index contributed by atoms with van der Waals surface area (Å²) in [4.78, 5) is 9.30. The zero-order valence-corrected chi connectivity index (χ0v) is 17.4. The Morgan fingerprint density at radius 3 is 2.47 bits per heavy atom. The molecule has 6 heteroatoms. The minimum absolute atomic E-state index is 0.177. The second-order valence-electron chi connectivity index (χ2n) is 7.27. The van der Waals surface area contributed by atoms with Crippen molar-refractivity contribution in [1.29, 1.82) is 0 Å². The Labute approximate surface area is 186 Å². The molecule has 4 aromatic rings. The molecule has 1 N–H and O–H groups in total. The van der Waals surface area contributed by atoms with E-state index < -0.39 is 11.6 Å². The Morgan fingerprint density at radius 1 is 1.03 bits per heavy atom. The van der Waals surface area contributed by atoms with Crippen molar-refractivity contribution < 1.29 is 8.78 Å². The summed E-state index contributed by atoms with van der Waals surface area (Å²) >= 11 is 0. The molecule has 0 aliphatic rings. The normalized spacial score (nSPS) is 10.6. The summed E-state index contributed by atoms with van der Waals surface area (Å²) in [6, 6.07) is 16.7. The average molecular weight is 421 g/mol. The third-order valence-electron chi connectivity index (χ3n) is 4.98. The van der Waals surface area contributed by atoms with Gasteiger partial charge in [-0.2, -0.15) is 0 Å². The van der Waals surface area contributed by atoms with Crippen molar-refractivity contribution in [2.75, 3.05) is 5.32 Å². The first kappa shape index (κ1) is 21.2. The van der Waals surface area contributed by atoms with Crippen LogP contribution in [0.1, 0.15) is 18.1 Å². The lowest BCUT2D eigenvalue weighted by atomic mass is 9.90. The van der Waals surface area contributed by atoms with Gasteiger partial charge in [0, 0.05) is 28.1 Å². The van der Waals surface area contributed by atoms with E-state index in [0.717, 1.165) is 6.07 Å². The molecular formula is C26H18BF2N3. The molecule has 0 amide bonds. The van der Waals surface area contributed by atoms with Crippen LogP contribution >= 0.6 is 0 Å². The molecule has 0 saturated heterocycles. The van der Waals surface area contributed by atoms with E-state index in [4.69, 9.17) is 7.85 Å². The minimum atomic E-state index is -0.720. The second-order valence-corrected chi connectivity index (χ2v) is 7.27. The van der Waals surface area contributed by atoms with Crippen LogP contribution in [0, 0.1) is 11.6 Å². The molecule has 1 heterocycles. The summed E-state index contributed by atoms with van der Waals surface area (Å²) in [5.74, 6) is -0.592. The molecule has 0 bridgehead atoms. The van der Waals surface area contributed by atoms with Gasteiger partial charge in [-0.3, -0.25) is 0 Å². The summed E-state index contributed by atoms with van der Waals surface area (Å²) < 4.78 is 28.6. The third kappa shape index (κ3) is 3.96. The van der Waals surface area contributed by atoms with Crippen LogP contribution < -0.4 is 10.8 Å². The predicted molar refractivity (Wildman–Crippen MR) is 128 cm³/mol. The van der Waals surface area contributed by atoms with Crippen molar-refractivity contribution in [3.63, 3.8) is 0 Å². The molecule has 1 aromatic heterocycles. The molecule has 4 rings (SSSR count). The van der Waals surface area contributed by atoms with Crippen LogP contribution in [-0.4, -0.2) is 17.8 Å². The monoisotopic (exact) mass is 421 g/mol. The van der Waals surface area contributed by atoms with E-state index in [1.807, 2.05) is 42.5 Å². The Hall–Kier alpha value is -4.02. The van der Waals surface area contributed by atoms with Crippen LogP contribution in [0.4, 0.5) is 14.6 Å². The molecule has 3 aromatic carbocycles. The van der Waals surface area contributed by atoms with Crippen LogP contribution in [0.2, 0.25) is 0 Å². The van der Waals surface area contributed by atoms with Crippen LogP contribution in [0.3, 0.4) is 0 Å². The van der Waals surface area contributed by atoms with Crippen molar-refractivity contribution in [1.82, 2.24) is 9.97 Å². The summed E-state index contributed by atoms with van der Waals surface area (Å²) in [7, 11) is 6.13. The highest BCUT2D eigenvalue weighted by Gasteiger charge is 2.18. The molecule has 0 atom stereocenters. The SMILES string of the molecule is [B]c1ccccc1-c1nc(NC(=C=C)c2cc(F)cc(F)c2C(=C)C)c2ccccc2n1. The molecule has 154 valence electrons. The maximum atomic E-state index is 14.6. The van der Waals surface area contributed by atoms with E-state index in [9.17, 15) is 8.78 Å². The lowest BCUT2D eigenvalue weighted by Gasteiger charge is -2.16. The average Bonchev–Trinajstić information content (AvgIpc) is 2.76. The quantitative estimate of drug-likeness (QED) is 0.335. The Bertz CT molecular complexity index is 1420. The van der Waals surface area contributed by atoms with Crippen LogP contribution in [0.25, 0.3) is 33.6 Å². The molecular weight excluding hydrogens is 403 g/mol. The van der Waals surface area contributed by atoms with E-state index in [0.29, 0.717) is 39.1 Å². The smallest absolute Gasteiger partial charge is 0.161 e. The fraction of sp³-hybridized carbons (Fsp3) is 0.0385. The number of allylic oxidation sites excluding steroid dienone is 1. The van der Waals surface area contributed by atoms with Crippen molar-refractivity contribution >= 4 is 41.3 Å². The third-order valence-corrected chi connectivity index (χ3v) is 4.98. The standard InChI is InChI=1S/C26H18BF2N3/c1-4-22(19-13-16(28)14-21(29)24(19)15(2)3)30-26-18-10-6-8-12-23(18)31-25(32-26)17-9-5-7-11-20(17)27/h5-14H,1-2H2,3H3,(H,30,31,32). The van der Waals surface area contributed by atoms with Crippen LogP contribution in [-0.2, 0) is 0 Å². The molecule has 0 aliphatic heterocycles. The Kier molecular flexibility index (Phi) is 5.72. The Balaban J connectivity index is 1.90. The van der Waals surface area contributed by atoms with E-state index in [1.54, 1.807) is 13.0 Å². The number of benzene rings is 3. The fourth-order valence-corrected chi connectivity index (χ4v) is 3.52. The minimum Gasteiger partial charge on any atom is -0.333 e. The lowest BCUT2D eigenvalue weighted by Crippen LogP contribution is -2.10. The second kappa shape index (κ2) is 8.62. The Morgan fingerprint density at radius 2 is 1.75 bits per heavy atom. The van der Waals surface area contributed by atoms with Gasteiger partial charge in [-0.25, -0.2) is 18.7 Å². The number of para-hydroxylation sites is 1. The van der Waals surface area contributed by atoms with Gasteiger partial charge < -0.3 is 5.32 Å². The van der Waals surface area contributed by atoms with Crippen molar-refractivity contribution in [3.05, 3.63) is 102 Å². The highest BCUT2D eigenvalue weighted by Crippen LogP contribution is 2.31. The van der Waals surface area contributed by atoms with Crippen molar-refractivity contribution in [2.45, 2.75) is 6.92 Å². The zero-order chi connectivity index (χ0) is 22.8. The number of nitrogens with zero attached hydrogens (tertiary/aromatic N) is 2. The maximum absolute atomic E-state index is 14.6. The summed E-state index contributed by atoms with van der Waals surface area (Å²) in [5, 5.41) is 3.86. The molecule has 0 spiro atoms. The number of nitrogens with one attached hydrogen (secondary N) is 1. The number of anilines is 1. The van der Waals surface area contributed by atoms with Gasteiger partial charge in [0.05, 0.1) is 11.2 Å².